The van der Waals surface area contributed by atoms with Crippen LogP contribution in [-0.4, -0.2) is 21.7 Å². The Morgan fingerprint density at radius 2 is 2.00 bits per heavy atom. The maximum absolute atomic E-state index is 11.7. The van der Waals surface area contributed by atoms with Crippen LogP contribution in [0.2, 0.25) is 0 Å². The summed E-state index contributed by atoms with van der Waals surface area (Å²) < 4.78 is 24.4. The molecule has 0 aliphatic rings. The van der Waals surface area contributed by atoms with Crippen molar-refractivity contribution in [3.8, 4) is 0 Å². The van der Waals surface area contributed by atoms with E-state index in [2.05, 4.69) is 34.2 Å². The second-order valence-electron chi connectivity index (χ2n) is 4.63. The Hall–Kier alpha value is -0.690. The smallest absolute Gasteiger partial charge is 0.175 e. The monoisotopic (exact) mass is 373 g/mol. The lowest BCUT2D eigenvalue weighted by Crippen LogP contribution is -2.18. The zero-order valence-corrected chi connectivity index (χ0v) is 14.7. The first-order valence-electron chi connectivity index (χ1n) is 6.06. The molecule has 0 fully saturated rings. The molecule has 0 aliphatic heterocycles. The fourth-order valence-electron chi connectivity index (χ4n) is 2.17. The summed E-state index contributed by atoms with van der Waals surface area (Å²) in [4.78, 5) is 1.56. The summed E-state index contributed by atoms with van der Waals surface area (Å²) in [5.74, 6) is 0. The van der Waals surface area contributed by atoms with Crippen LogP contribution >= 0.6 is 27.3 Å². The number of aryl methyl sites for hydroxylation is 1. The molecule has 0 aliphatic carbocycles. The van der Waals surface area contributed by atoms with E-state index in [4.69, 9.17) is 0 Å². The average molecular weight is 374 g/mol. The van der Waals surface area contributed by atoms with Gasteiger partial charge in [0, 0.05) is 11.1 Å². The number of hydrogen-bond donors (Lipinski definition) is 1. The molecule has 108 valence electrons. The van der Waals surface area contributed by atoms with Gasteiger partial charge < -0.3 is 5.32 Å². The third kappa shape index (κ3) is 3.31. The minimum Gasteiger partial charge on any atom is -0.309 e. The molecule has 1 unspecified atom stereocenters. The Bertz CT molecular complexity index is 723. The molecule has 2 rings (SSSR count). The Morgan fingerprint density at radius 3 is 2.50 bits per heavy atom. The summed E-state index contributed by atoms with van der Waals surface area (Å²) in [5.41, 5.74) is 2.11. The number of hydrogen-bond acceptors (Lipinski definition) is 4. The lowest BCUT2D eigenvalue weighted by Gasteiger charge is -2.17. The molecule has 3 nitrogen and oxygen atoms in total. The fourth-order valence-corrected chi connectivity index (χ4v) is 4.60. The summed E-state index contributed by atoms with van der Waals surface area (Å²) in [6.07, 6.45) is 1.23. The van der Waals surface area contributed by atoms with Gasteiger partial charge in [0.1, 0.15) is 0 Å². The average Bonchev–Trinajstić information content (AvgIpc) is 2.69. The van der Waals surface area contributed by atoms with Gasteiger partial charge in [-0.25, -0.2) is 8.42 Å². The molecule has 0 saturated carbocycles. The van der Waals surface area contributed by atoms with E-state index in [1.54, 1.807) is 29.5 Å². The second kappa shape index (κ2) is 5.97. The van der Waals surface area contributed by atoms with E-state index in [1.165, 1.54) is 11.1 Å². The quantitative estimate of drug-likeness (QED) is 0.891. The number of thiophene rings is 1. The molecular formula is C14H16BrNO2S2. The van der Waals surface area contributed by atoms with Crippen molar-refractivity contribution in [3.05, 3.63) is 50.1 Å². The SMILES string of the molecule is CNC(c1cccc(S(C)(=O)=O)c1)c1cc(Br)sc1C. The maximum Gasteiger partial charge on any atom is 0.175 e. The third-order valence-electron chi connectivity index (χ3n) is 3.15. The molecule has 1 atom stereocenters. The molecule has 1 N–H and O–H groups in total. The number of rotatable bonds is 4. The van der Waals surface area contributed by atoms with Crippen LogP contribution in [0.25, 0.3) is 0 Å². The van der Waals surface area contributed by atoms with Crippen molar-refractivity contribution in [3.63, 3.8) is 0 Å². The van der Waals surface area contributed by atoms with Crippen LogP contribution < -0.4 is 5.32 Å². The van der Waals surface area contributed by atoms with E-state index in [1.807, 2.05) is 13.1 Å². The lowest BCUT2D eigenvalue weighted by atomic mass is 10.00. The lowest BCUT2D eigenvalue weighted by molar-refractivity contribution is 0.601. The molecule has 1 heterocycles. The van der Waals surface area contributed by atoms with E-state index >= 15 is 0 Å². The highest BCUT2D eigenvalue weighted by Crippen LogP contribution is 2.34. The Labute approximate surface area is 132 Å². The van der Waals surface area contributed by atoms with Gasteiger partial charge in [0.2, 0.25) is 0 Å². The van der Waals surface area contributed by atoms with Crippen molar-refractivity contribution in [2.24, 2.45) is 0 Å². The zero-order chi connectivity index (χ0) is 14.9. The molecule has 0 bridgehead atoms. The van der Waals surface area contributed by atoms with E-state index in [-0.39, 0.29) is 6.04 Å². The largest absolute Gasteiger partial charge is 0.309 e. The Balaban J connectivity index is 2.50. The van der Waals surface area contributed by atoms with Gasteiger partial charge in [-0.3, -0.25) is 0 Å². The highest BCUT2D eigenvalue weighted by molar-refractivity contribution is 9.11. The predicted molar refractivity (Wildman–Crippen MR) is 87.2 cm³/mol. The van der Waals surface area contributed by atoms with Crippen molar-refractivity contribution >= 4 is 37.1 Å². The van der Waals surface area contributed by atoms with Gasteiger partial charge in [0.25, 0.3) is 0 Å². The normalized spacial score (nSPS) is 13.4. The summed E-state index contributed by atoms with van der Waals surface area (Å²) in [6, 6.07) is 9.16. The summed E-state index contributed by atoms with van der Waals surface area (Å²) in [7, 11) is -1.31. The molecule has 0 amide bonds. The van der Waals surface area contributed by atoms with Crippen LogP contribution in [0.1, 0.15) is 22.0 Å². The Kier molecular flexibility index (Phi) is 4.69. The van der Waals surface area contributed by atoms with Gasteiger partial charge in [-0.2, -0.15) is 0 Å². The van der Waals surface area contributed by atoms with Gasteiger partial charge in [-0.15, -0.1) is 11.3 Å². The molecule has 0 radical (unpaired) electrons. The minimum absolute atomic E-state index is 0.0146. The summed E-state index contributed by atoms with van der Waals surface area (Å²) in [5, 5.41) is 3.26. The highest BCUT2D eigenvalue weighted by atomic mass is 79.9. The fraction of sp³-hybridized carbons (Fsp3) is 0.286. The van der Waals surface area contributed by atoms with E-state index in [9.17, 15) is 8.42 Å². The Morgan fingerprint density at radius 1 is 1.30 bits per heavy atom. The molecule has 20 heavy (non-hydrogen) atoms. The predicted octanol–water partition coefficient (Wildman–Crippen LogP) is 3.53. The third-order valence-corrected chi connectivity index (χ3v) is 5.82. The van der Waals surface area contributed by atoms with E-state index in [0.29, 0.717) is 4.90 Å². The van der Waals surface area contributed by atoms with Crippen molar-refractivity contribution in [1.82, 2.24) is 5.32 Å². The van der Waals surface area contributed by atoms with Crippen LogP contribution in [-0.2, 0) is 9.84 Å². The number of sulfone groups is 1. The molecule has 1 aromatic carbocycles. The molecule has 1 aromatic heterocycles. The van der Waals surface area contributed by atoms with E-state index in [0.717, 1.165) is 14.9 Å². The molecule has 0 saturated heterocycles. The first-order chi connectivity index (χ1) is 9.32. The van der Waals surface area contributed by atoms with Crippen molar-refractivity contribution in [2.45, 2.75) is 17.9 Å². The first kappa shape index (κ1) is 15.7. The van der Waals surface area contributed by atoms with Gasteiger partial charge >= 0.3 is 0 Å². The maximum atomic E-state index is 11.7. The standard InChI is InChI=1S/C14H16BrNO2S2/c1-9-12(8-13(15)19-9)14(16-2)10-5-4-6-11(7-10)20(3,17)18/h4-8,14,16H,1-3H3. The summed E-state index contributed by atoms with van der Waals surface area (Å²) in [6.45, 7) is 2.06. The van der Waals surface area contributed by atoms with Crippen LogP contribution in [0, 0.1) is 6.92 Å². The topological polar surface area (TPSA) is 46.2 Å². The molecular weight excluding hydrogens is 358 g/mol. The minimum atomic E-state index is -3.19. The van der Waals surface area contributed by atoms with Gasteiger partial charge in [0.05, 0.1) is 14.7 Å². The van der Waals surface area contributed by atoms with Gasteiger partial charge in [-0.1, -0.05) is 12.1 Å². The highest BCUT2D eigenvalue weighted by Gasteiger charge is 2.18. The van der Waals surface area contributed by atoms with Gasteiger partial charge in [-0.05, 0) is 59.2 Å². The summed E-state index contributed by atoms with van der Waals surface area (Å²) >= 11 is 5.17. The zero-order valence-electron chi connectivity index (χ0n) is 11.5. The van der Waals surface area contributed by atoms with Crippen LogP contribution in [0.4, 0.5) is 0 Å². The van der Waals surface area contributed by atoms with Gasteiger partial charge in [0.15, 0.2) is 9.84 Å². The van der Waals surface area contributed by atoms with Crippen molar-refractivity contribution in [2.75, 3.05) is 13.3 Å². The van der Waals surface area contributed by atoms with Crippen molar-refractivity contribution < 1.29 is 8.42 Å². The number of nitrogens with one attached hydrogen (secondary N) is 1. The van der Waals surface area contributed by atoms with Crippen LogP contribution in [0.5, 0.6) is 0 Å². The van der Waals surface area contributed by atoms with Crippen molar-refractivity contribution in [1.29, 1.82) is 0 Å². The molecule has 2 aromatic rings. The molecule has 6 heteroatoms. The second-order valence-corrected chi connectivity index (χ2v) is 9.28. The first-order valence-corrected chi connectivity index (χ1v) is 9.56. The number of benzene rings is 1. The molecule has 0 spiro atoms. The van der Waals surface area contributed by atoms with Crippen LogP contribution in [0.3, 0.4) is 0 Å². The number of halogens is 1. The van der Waals surface area contributed by atoms with E-state index < -0.39 is 9.84 Å². The van der Waals surface area contributed by atoms with Crippen LogP contribution in [0.15, 0.2) is 39.0 Å².